The van der Waals surface area contributed by atoms with E-state index in [1.165, 1.54) is 11.1 Å². The Kier molecular flexibility index (Phi) is 3.70. The first-order valence-electron chi connectivity index (χ1n) is 6.54. The summed E-state index contributed by atoms with van der Waals surface area (Å²) < 4.78 is 0. The number of anilines is 2. The molecule has 0 radical (unpaired) electrons. The summed E-state index contributed by atoms with van der Waals surface area (Å²) in [5, 5.41) is 1.17. The molecule has 0 unspecified atom stereocenters. The molecule has 18 heavy (non-hydrogen) atoms. The van der Waals surface area contributed by atoms with E-state index < -0.39 is 0 Å². The molecular weight excluding hydrogens is 222 g/mol. The third-order valence-electron chi connectivity index (χ3n) is 3.61. The minimum absolute atomic E-state index is 0.563. The highest BCUT2D eigenvalue weighted by molar-refractivity contribution is 5.93. The average molecular weight is 243 g/mol. The number of rotatable bonds is 4. The van der Waals surface area contributed by atoms with Crippen LogP contribution in [-0.4, -0.2) is 18.1 Å². The van der Waals surface area contributed by atoms with Crippen LogP contribution in [0.15, 0.2) is 30.5 Å². The van der Waals surface area contributed by atoms with Gasteiger partial charge in [-0.05, 0) is 37.1 Å². The highest BCUT2D eigenvalue weighted by Gasteiger charge is 2.13. The Morgan fingerprint density at radius 3 is 2.61 bits per heavy atom. The second-order valence-corrected chi connectivity index (χ2v) is 4.69. The minimum atomic E-state index is 0.563. The van der Waals surface area contributed by atoms with E-state index in [2.05, 4.69) is 42.9 Å². The fraction of sp³-hybridized carbons (Fsp3) is 0.400. The van der Waals surface area contributed by atoms with Crippen LogP contribution in [0, 0.1) is 0 Å². The van der Waals surface area contributed by atoms with E-state index in [1.807, 2.05) is 18.3 Å². The summed E-state index contributed by atoms with van der Waals surface area (Å²) in [6.07, 6.45) is 4.15. The number of pyridine rings is 1. The molecule has 0 saturated carbocycles. The number of nitrogen functional groups attached to an aromatic ring is 1. The fourth-order valence-corrected chi connectivity index (χ4v) is 2.49. The van der Waals surface area contributed by atoms with Crippen molar-refractivity contribution in [1.82, 2.24) is 4.98 Å². The number of nitrogens with zero attached hydrogens (tertiary/aromatic N) is 2. The molecule has 0 atom stereocenters. The van der Waals surface area contributed by atoms with E-state index in [0.29, 0.717) is 6.04 Å². The zero-order valence-electron chi connectivity index (χ0n) is 11.4. The zero-order chi connectivity index (χ0) is 13.1. The van der Waals surface area contributed by atoms with Crippen LogP contribution in [0.1, 0.15) is 26.7 Å². The van der Waals surface area contributed by atoms with E-state index in [1.54, 1.807) is 0 Å². The van der Waals surface area contributed by atoms with E-state index in [4.69, 9.17) is 5.73 Å². The Bertz CT molecular complexity index is 532. The Morgan fingerprint density at radius 2 is 1.94 bits per heavy atom. The quantitative estimate of drug-likeness (QED) is 0.836. The van der Waals surface area contributed by atoms with Crippen molar-refractivity contribution < 1.29 is 0 Å². The van der Waals surface area contributed by atoms with Gasteiger partial charge in [0.25, 0.3) is 0 Å². The predicted octanol–water partition coefficient (Wildman–Crippen LogP) is 3.44. The normalized spacial score (nSPS) is 11.1. The van der Waals surface area contributed by atoms with Crippen LogP contribution in [0.3, 0.4) is 0 Å². The van der Waals surface area contributed by atoms with Gasteiger partial charge in [0.2, 0.25) is 0 Å². The fourth-order valence-electron chi connectivity index (χ4n) is 2.49. The molecule has 0 aliphatic heterocycles. The molecule has 0 amide bonds. The molecule has 0 spiro atoms. The molecule has 1 heterocycles. The summed E-state index contributed by atoms with van der Waals surface area (Å²) in [6.45, 7) is 4.46. The van der Waals surface area contributed by atoms with E-state index in [9.17, 15) is 0 Å². The summed E-state index contributed by atoms with van der Waals surface area (Å²) in [5.74, 6) is 0. The van der Waals surface area contributed by atoms with Crippen LogP contribution in [0.25, 0.3) is 10.9 Å². The molecule has 0 aliphatic rings. The number of hydrogen-bond acceptors (Lipinski definition) is 3. The molecule has 2 N–H and O–H groups in total. The maximum atomic E-state index is 5.81. The summed E-state index contributed by atoms with van der Waals surface area (Å²) in [7, 11) is 2.16. The molecule has 2 aromatic rings. The molecule has 3 nitrogen and oxygen atoms in total. The van der Waals surface area contributed by atoms with E-state index >= 15 is 0 Å². The van der Waals surface area contributed by atoms with Gasteiger partial charge in [-0.1, -0.05) is 13.8 Å². The smallest absolute Gasteiger partial charge is 0.0743 e. The SMILES string of the molecule is CCC(CC)N(C)c1ccnc2cc(N)ccc12. The molecule has 0 aliphatic carbocycles. The molecule has 3 heteroatoms. The predicted molar refractivity (Wildman–Crippen MR) is 78.9 cm³/mol. The number of aromatic nitrogens is 1. The average Bonchev–Trinajstić information content (AvgIpc) is 2.39. The van der Waals surface area contributed by atoms with Gasteiger partial charge in [-0.25, -0.2) is 0 Å². The topological polar surface area (TPSA) is 42.2 Å². The Morgan fingerprint density at radius 1 is 1.22 bits per heavy atom. The maximum absolute atomic E-state index is 5.81. The standard InChI is InChI=1S/C15H21N3/c1-4-12(5-2)18(3)15-8-9-17-14-10-11(16)6-7-13(14)15/h6-10,12H,4-5,16H2,1-3H3. The van der Waals surface area contributed by atoms with Crippen molar-refractivity contribution in [3.05, 3.63) is 30.5 Å². The van der Waals surface area contributed by atoms with Crippen LogP contribution in [0.5, 0.6) is 0 Å². The number of hydrogen-bond donors (Lipinski definition) is 1. The van der Waals surface area contributed by atoms with Crippen molar-refractivity contribution in [2.45, 2.75) is 32.7 Å². The summed E-state index contributed by atoms with van der Waals surface area (Å²) in [4.78, 5) is 6.74. The lowest BCUT2D eigenvalue weighted by Crippen LogP contribution is -2.30. The van der Waals surface area contributed by atoms with Crippen LogP contribution < -0.4 is 10.6 Å². The first-order chi connectivity index (χ1) is 8.67. The van der Waals surface area contributed by atoms with Crippen molar-refractivity contribution in [2.75, 3.05) is 17.7 Å². The van der Waals surface area contributed by atoms with Gasteiger partial charge < -0.3 is 10.6 Å². The van der Waals surface area contributed by atoms with Crippen LogP contribution in [0.2, 0.25) is 0 Å². The molecule has 0 saturated heterocycles. The van der Waals surface area contributed by atoms with E-state index in [0.717, 1.165) is 24.0 Å². The Hall–Kier alpha value is -1.77. The lowest BCUT2D eigenvalue weighted by Gasteiger charge is -2.29. The van der Waals surface area contributed by atoms with Crippen LogP contribution >= 0.6 is 0 Å². The molecule has 0 fully saturated rings. The van der Waals surface area contributed by atoms with Gasteiger partial charge in [-0.2, -0.15) is 0 Å². The lowest BCUT2D eigenvalue weighted by atomic mass is 10.1. The second-order valence-electron chi connectivity index (χ2n) is 4.69. The molecule has 0 bridgehead atoms. The van der Waals surface area contributed by atoms with Gasteiger partial charge in [-0.15, -0.1) is 0 Å². The van der Waals surface area contributed by atoms with Gasteiger partial charge in [0.1, 0.15) is 0 Å². The first-order valence-corrected chi connectivity index (χ1v) is 6.54. The summed E-state index contributed by atoms with van der Waals surface area (Å²) >= 11 is 0. The Labute approximate surface area is 109 Å². The molecule has 96 valence electrons. The minimum Gasteiger partial charge on any atom is -0.399 e. The van der Waals surface area contributed by atoms with E-state index in [-0.39, 0.29) is 0 Å². The highest BCUT2D eigenvalue weighted by Crippen LogP contribution is 2.28. The van der Waals surface area contributed by atoms with Crippen LogP contribution in [0.4, 0.5) is 11.4 Å². The van der Waals surface area contributed by atoms with Gasteiger partial charge in [0.15, 0.2) is 0 Å². The largest absolute Gasteiger partial charge is 0.399 e. The second kappa shape index (κ2) is 5.25. The number of benzene rings is 1. The van der Waals surface area contributed by atoms with Crippen molar-refractivity contribution in [1.29, 1.82) is 0 Å². The highest BCUT2D eigenvalue weighted by atomic mass is 15.1. The lowest BCUT2D eigenvalue weighted by molar-refractivity contribution is 0.593. The third-order valence-corrected chi connectivity index (χ3v) is 3.61. The first kappa shape index (κ1) is 12.7. The summed E-state index contributed by atoms with van der Waals surface area (Å²) in [5.41, 5.74) is 8.76. The summed E-state index contributed by atoms with van der Waals surface area (Å²) in [6, 6.07) is 8.57. The Balaban J connectivity index is 2.50. The van der Waals surface area contributed by atoms with Crippen molar-refractivity contribution in [3.63, 3.8) is 0 Å². The molecule has 2 rings (SSSR count). The van der Waals surface area contributed by atoms with Gasteiger partial charge in [0.05, 0.1) is 5.52 Å². The maximum Gasteiger partial charge on any atom is 0.0743 e. The van der Waals surface area contributed by atoms with Crippen LogP contribution in [-0.2, 0) is 0 Å². The molecule has 1 aromatic carbocycles. The zero-order valence-corrected chi connectivity index (χ0v) is 11.4. The van der Waals surface area contributed by atoms with Gasteiger partial charge >= 0.3 is 0 Å². The van der Waals surface area contributed by atoms with Crippen molar-refractivity contribution >= 4 is 22.3 Å². The van der Waals surface area contributed by atoms with Gasteiger partial charge in [0, 0.05) is 36.0 Å². The van der Waals surface area contributed by atoms with Gasteiger partial charge in [-0.3, -0.25) is 4.98 Å². The third kappa shape index (κ3) is 2.26. The number of nitrogens with two attached hydrogens (primary N) is 1. The monoisotopic (exact) mass is 243 g/mol. The van der Waals surface area contributed by atoms with Crippen molar-refractivity contribution in [3.8, 4) is 0 Å². The van der Waals surface area contributed by atoms with Crippen molar-refractivity contribution in [2.24, 2.45) is 0 Å². The number of fused-ring (bicyclic) bond motifs is 1. The molecule has 1 aromatic heterocycles. The molecular formula is C15H21N3.